The molecule has 1 saturated heterocycles. The van der Waals surface area contributed by atoms with Gasteiger partial charge >= 0.3 is 0 Å². The van der Waals surface area contributed by atoms with Gasteiger partial charge in [-0.15, -0.1) is 12.4 Å². The van der Waals surface area contributed by atoms with Crippen LogP contribution in [0.5, 0.6) is 0 Å². The maximum atomic E-state index is 12.9. The number of anilines is 1. The first kappa shape index (κ1) is 20.9. The second kappa shape index (κ2) is 9.01. The van der Waals surface area contributed by atoms with E-state index in [0.29, 0.717) is 12.8 Å². The summed E-state index contributed by atoms with van der Waals surface area (Å²) in [7, 11) is 0. The number of carbonyl (C=O) groups excluding carboxylic acids is 2. The molecule has 2 heterocycles. The van der Waals surface area contributed by atoms with E-state index >= 15 is 0 Å². The number of para-hydroxylation sites is 1. The molecule has 0 atom stereocenters. The van der Waals surface area contributed by atoms with Crippen molar-refractivity contribution in [2.45, 2.75) is 32.2 Å². The monoisotopic (exact) mass is 391 g/mol. The molecule has 1 aromatic heterocycles. The van der Waals surface area contributed by atoms with E-state index in [2.05, 4.69) is 21.0 Å². The number of aryl methyl sites for hydroxylation is 2. The third-order valence-electron chi connectivity index (χ3n) is 4.95. The average Bonchev–Trinajstić information content (AvgIpc) is 3.18. The molecule has 1 aliphatic rings. The highest BCUT2D eigenvalue weighted by Crippen LogP contribution is 2.27. The van der Waals surface area contributed by atoms with Gasteiger partial charge in [0.25, 0.3) is 0 Å². The standard InChI is InChI=1S/C19H25N5O2.ClH/c1-14-5-3-6-15(2)17(14)23-16(25)13-21-18(26)19(7-10-20-11-8-19)24-12-4-9-22-24;/h3-6,9,12,20H,7-8,10-11,13H2,1-2H3,(H,21,26)(H,23,25);1H. The summed E-state index contributed by atoms with van der Waals surface area (Å²) in [6.07, 6.45) is 4.75. The average molecular weight is 392 g/mol. The van der Waals surface area contributed by atoms with Crippen molar-refractivity contribution in [1.82, 2.24) is 20.4 Å². The molecular weight excluding hydrogens is 366 g/mol. The SMILES string of the molecule is Cc1cccc(C)c1NC(=O)CNC(=O)C1(n2cccn2)CCNCC1.Cl. The van der Waals surface area contributed by atoms with Crippen molar-refractivity contribution < 1.29 is 9.59 Å². The Hall–Kier alpha value is -2.38. The third kappa shape index (κ3) is 4.48. The molecule has 7 nitrogen and oxygen atoms in total. The van der Waals surface area contributed by atoms with Crippen LogP contribution in [0, 0.1) is 13.8 Å². The molecular formula is C19H26ClN5O2. The van der Waals surface area contributed by atoms with E-state index in [1.165, 1.54) is 0 Å². The first-order valence-corrected chi connectivity index (χ1v) is 8.88. The van der Waals surface area contributed by atoms with E-state index in [0.717, 1.165) is 29.9 Å². The van der Waals surface area contributed by atoms with Gasteiger partial charge in [0.05, 0.1) is 6.54 Å². The number of halogens is 1. The fourth-order valence-electron chi connectivity index (χ4n) is 3.44. The summed E-state index contributed by atoms with van der Waals surface area (Å²) in [5.41, 5.74) is 2.05. The largest absolute Gasteiger partial charge is 0.345 e. The van der Waals surface area contributed by atoms with Crippen LogP contribution in [0.15, 0.2) is 36.7 Å². The highest BCUT2D eigenvalue weighted by Gasteiger charge is 2.41. The zero-order valence-corrected chi connectivity index (χ0v) is 16.4. The van der Waals surface area contributed by atoms with Crippen molar-refractivity contribution in [3.05, 3.63) is 47.8 Å². The fraction of sp³-hybridized carbons (Fsp3) is 0.421. The van der Waals surface area contributed by atoms with Gasteiger partial charge in [-0.2, -0.15) is 5.10 Å². The highest BCUT2D eigenvalue weighted by molar-refractivity contribution is 5.96. The Kier molecular flexibility index (Phi) is 6.98. The van der Waals surface area contributed by atoms with Gasteiger partial charge in [-0.3, -0.25) is 14.3 Å². The Morgan fingerprint density at radius 3 is 2.44 bits per heavy atom. The van der Waals surface area contributed by atoms with Crippen molar-refractivity contribution in [3.63, 3.8) is 0 Å². The van der Waals surface area contributed by atoms with E-state index in [-0.39, 0.29) is 30.8 Å². The Labute approximate surface area is 165 Å². The van der Waals surface area contributed by atoms with Gasteiger partial charge in [-0.05, 0) is 57.0 Å². The van der Waals surface area contributed by atoms with Crippen LogP contribution < -0.4 is 16.0 Å². The fourth-order valence-corrected chi connectivity index (χ4v) is 3.44. The zero-order chi connectivity index (χ0) is 18.6. The number of amides is 2. The molecule has 146 valence electrons. The van der Waals surface area contributed by atoms with Gasteiger partial charge in [0.2, 0.25) is 11.8 Å². The number of nitrogens with zero attached hydrogens (tertiary/aromatic N) is 2. The van der Waals surface area contributed by atoms with Crippen LogP contribution in [0.2, 0.25) is 0 Å². The number of rotatable bonds is 5. The molecule has 2 amide bonds. The van der Waals surface area contributed by atoms with Crippen molar-refractivity contribution in [2.24, 2.45) is 0 Å². The zero-order valence-electron chi connectivity index (χ0n) is 15.6. The molecule has 0 radical (unpaired) electrons. The maximum Gasteiger partial charge on any atom is 0.248 e. The minimum atomic E-state index is -0.742. The van der Waals surface area contributed by atoms with Crippen LogP contribution in [0.1, 0.15) is 24.0 Å². The summed E-state index contributed by atoms with van der Waals surface area (Å²) in [5, 5.41) is 13.2. The molecule has 1 aromatic carbocycles. The first-order valence-electron chi connectivity index (χ1n) is 8.88. The number of benzene rings is 1. The van der Waals surface area contributed by atoms with E-state index in [1.54, 1.807) is 10.9 Å². The van der Waals surface area contributed by atoms with Gasteiger partial charge in [0, 0.05) is 18.1 Å². The smallest absolute Gasteiger partial charge is 0.248 e. The minimum absolute atomic E-state index is 0. The van der Waals surface area contributed by atoms with Crippen LogP contribution in [0.25, 0.3) is 0 Å². The summed E-state index contributed by atoms with van der Waals surface area (Å²) in [5.74, 6) is -0.403. The maximum absolute atomic E-state index is 12.9. The number of aromatic nitrogens is 2. The Morgan fingerprint density at radius 2 is 1.85 bits per heavy atom. The van der Waals surface area contributed by atoms with Crippen LogP contribution in [-0.2, 0) is 15.1 Å². The van der Waals surface area contributed by atoms with Gasteiger partial charge in [0.1, 0.15) is 5.54 Å². The topological polar surface area (TPSA) is 88.1 Å². The number of nitrogens with one attached hydrogen (secondary N) is 3. The van der Waals surface area contributed by atoms with Gasteiger partial charge in [0.15, 0.2) is 0 Å². The van der Waals surface area contributed by atoms with Crippen molar-refractivity contribution in [3.8, 4) is 0 Å². The summed E-state index contributed by atoms with van der Waals surface area (Å²) in [4.78, 5) is 25.3. The van der Waals surface area contributed by atoms with E-state index in [4.69, 9.17) is 0 Å². The molecule has 0 saturated carbocycles. The van der Waals surface area contributed by atoms with E-state index < -0.39 is 5.54 Å². The predicted molar refractivity (Wildman–Crippen MR) is 107 cm³/mol. The number of piperidine rings is 1. The van der Waals surface area contributed by atoms with Crippen LogP contribution in [0.3, 0.4) is 0 Å². The molecule has 3 rings (SSSR count). The lowest BCUT2D eigenvalue weighted by Crippen LogP contribution is -2.55. The Bertz CT molecular complexity index is 765. The second-order valence-corrected chi connectivity index (χ2v) is 6.73. The van der Waals surface area contributed by atoms with Crippen LogP contribution in [-0.4, -0.2) is 41.2 Å². The number of hydrogen-bond acceptors (Lipinski definition) is 4. The van der Waals surface area contributed by atoms with E-state index in [9.17, 15) is 9.59 Å². The molecule has 3 N–H and O–H groups in total. The van der Waals surface area contributed by atoms with Crippen LogP contribution in [0.4, 0.5) is 5.69 Å². The van der Waals surface area contributed by atoms with Crippen molar-refractivity contribution >= 4 is 29.9 Å². The Morgan fingerprint density at radius 1 is 1.19 bits per heavy atom. The van der Waals surface area contributed by atoms with Gasteiger partial charge < -0.3 is 16.0 Å². The first-order chi connectivity index (χ1) is 12.5. The summed E-state index contributed by atoms with van der Waals surface area (Å²) in [6.45, 7) is 5.30. The quantitative estimate of drug-likeness (QED) is 0.724. The summed E-state index contributed by atoms with van der Waals surface area (Å²) in [6, 6.07) is 7.66. The molecule has 1 fully saturated rings. The molecule has 8 heteroatoms. The van der Waals surface area contributed by atoms with Gasteiger partial charge in [-0.1, -0.05) is 18.2 Å². The molecule has 0 spiro atoms. The molecule has 27 heavy (non-hydrogen) atoms. The Balaban J connectivity index is 0.00000261. The third-order valence-corrected chi connectivity index (χ3v) is 4.95. The lowest BCUT2D eigenvalue weighted by Gasteiger charge is -2.36. The normalized spacial score (nSPS) is 15.5. The molecule has 0 aliphatic carbocycles. The van der Waals surface area contributed by atoms with Crippen molar-refractivity contribution in [1.29, 1.82) is 0 Å². The molecule has 1 aliphatic heterocycles. The van der Waals surface area contributed by atoms with Crippen molar-refractivity contribution in [2.75, 3.05) is 25.0 Å². The number of hydrogen-bond donors (Lipinski definition) is 3. The molecule has 2 aromatic rings. The lowest BCUT2D eigenvalue weighted by molar-refractivity contribution is -0.133. The minimum Gasteiger partial charge on any atom is -0.345 e. The number of carbonyl (C=O) groups is 2. The molecule has 0 unspecified atom stereocenters. The highest BCUT2D eigenvalue weighted by atomic mass is 35.5. The van der Waals surface area contributed by atoms with Crippen LogP contribution >= 0.6 is 12.4 Å². The van der Waals surface area contributed by atoms with E-state index in [1.807, 2.05) is 44.3 Å². The second-order valence-electron chi connectivity index (χ2n) is 6.73. The summed E-state index contributed by atoms with van der Waals surface area (Å²) < 4.78 is 1.71. The summed E-state index contributed by atoms with van der Waals surface area (Å²) >= 11 is 0. The predicted octanol–water partition coefficient (Wildman–Crippen LogP) is 1.76. The molecule has 0 bridgehead atoms. The van der Waals surface area contributed by atoms with Gasteiger partial charge in [-0.25, -0.2) is 0 Å². The lowest BCUT2D eigenvalue weighted by atomic mass is 9.87.